The predicted octanol–water partition coefficient (Wildman–Crippen LogP) is 2.91. The number of halogens is 1. The highest BCUT2D eigenvalue weighted by Crippen LogP contribution is 2.20. The monoisotopic (exact) mass is 264 g/mol. The summed E-state index contributed by atoms with van der Waals surface area (Å²) in [7, 11) is 1.86. The van der Waals surface area contributed by atoms with E-state index in [1.165, 1.54) is 0 Å². The molecule has 96 valence electrons. The number of aromatic nitrogens is 2. The van der Waals surface area contributed by atoms with Crippen molar-refractivity contribution < 1.29 is 5.11 Å². The first-order chi connectivity index (χ1) is 8.60. The van der Waals surface area contributed by atoms with Gasteiger partial charge in [0.15, 0.2) is 0 Å². The molecule has 0 amide bonds. The number of aryl methyl sites for hydroxylation is 2. The molecule has 0 saturated carbocycles. The summed E-state index contributed by atoms with van der Waals surface area (Å²) in [4.78, 5) is 0. The zero-order chi connectivity index (χ0) is 13.1. The average Bonchev–Trinajstić information content (AvgIpc) is 2.73. The van der Waals surface area contributed by atoms with Crippen LogP contribution in [-0.4, -0.2) is 14.9 Å². The van der Waals surface area contributed by atoms with Crippen molar-refractivity contribution in [2.45, 2.75) is 25.9 Å². The van der Waals surface area contributed by atoms with Gasteiger partial charge in [0, 0.05) is 18.5 Å². The lowest BCUT2D eigenvalue weighted by Crippen LogP contribution is -2.07. The fourth-order valence-corrected chi connectivity index (χ4v) is 2.10. The van der Waals surface area contributed by atoms with Crippen molar-refractivity contribution >= 4 is 11.6 Å². The van der Waals surface area contributed by atoms with Crippen LogP contribution >= 0.6 is 11.6 Å². The average molecular weight is 265 g/mol. The fourth-order valence-electron chi connectivity index (χ4n) is 1.98. The number of hydrogen-bond acceptors (Lipinski definition) is 2. The third-order valence-electron chi connectivity index (χ3n) is 3.01. The smallest absolute Gasteiger partial charge is 0.0996 e. The number of rotatable bonds is 4. The first-order valence-electron chi connectivity index (χ1n) is 6.05. The van der Waals surface area contributed by atoms with Crippen LogP contribution in [0.25, 0.3) is 0 Å². The van der Waals surface area contributed by atoms with Gasteiger partial charge < -0.3 is 5.11 Å². The van der Waals surface area contributed by atoms with Crippen LogP contribution in [0, 0.1) is 0 Å². The lowest BCUT2D eigenvalue weighted by molar-refractivity contribution is 0.168. The summed E-state index contributed by atoms with van der Waals surface area (Å²) >= 11 is 5.84. The first-order valence-corrected chi connectivity index (χ1v) is 6.43. The molecule has 1 N–H and O–H groups in total. The molecule has 0 aliphatic heterocycles. The Morgan fingerprint density at radius 3 is 2.56 bits per heavy atom. The van der Waals surface area contributed by atoms with Crippen molar-refractivity contribution in [3.8, 4) is 0 Å². The minimum atomic E-state index is -0.538. The van der Waals surface area contributed by atoms with Crippen LogP contribution in [0.4, 0.5) is 0 Å². The second-order valence-corrected chi connectivity index (χ2v) is 4.82. The quantitative estimate of drug-likeness (QED) is 0.922. The zero-order valence-corrected chi connectivity index (χ0v) is 11.4. The van der Waals surface area contributed by atoms with E-state index in [4.69, 9.17) is 11.6 Å². The molecule has 1 aromatic carbocycles. The third-order valence-corrected chi connectivity index (χ3v) is 3.26. The Bertz CT molecular complexity index is 519. The number of benzene rings is 1. The molecule has 2 rings (SSSR count). The van der Waals surface area contributed by atoms with E-state index in [1.54, 1.807) is 4.68 Å². The van der Waals surface area contributed by atoms with Gasteiger partial charge >= 0.3 is 0 Å². The second kappa shape index (κ2) is 5.55. The van der Waals surface area contributed by atoms with Gasteiger partial charge in [0.25, 0.3) is 0 Å². The lowest BCUT2D eigenvalue weighted by atomic mass is 10.1. The Kier molecular flexibility index (Phi) is 4.04. The number of hydrogen-bond donors (Lipinski definition) is 1. The summed E-state index contributed by atoms with van der Waals surface area (Å²) in [5.74, 6) is 0. The van der Waals surface area contributed by atoms with Gasteiger partial charge in [-0.2, -0.15) is 5.10 Å². The Morgan fingerprint density at radius 1 is 1.33 bits per heavy atom. The predicted molar refractivity (Wildman–Crippen MR) is 72.7 cm³/mol. The summed E-state index contributed by atoms with van der Waals surface area (Å²) in [6.45, 7) is 2.05. The van der Waals surface area contributed by atoms with Crippen molar-refractivity contribution in [2.24, 2.45) is 7.05 Å². The topological polar surface area (TPSA) is 38.0 Å². The van der Waals surface area contributed by atoms with Crippen molar-refractivity contribution in [1.29, 1.82) is 0 Å². The molecule has 18 heavy (non-hydrogen) atoms. The SMILES string of the molecule is CCc1cc(C(O)Cc2ccc(Cl)cc2)n(C)n1. The standard InChI is InChI=1S/C14H17ClN2O/c1-3-12-9-13(17(2)16-12)14(18)8-10-4-6-11(15)7-5-10/h4-7,9,14,18H,3,8H2,1-2H3. The highest BCUT2D eigenvalue weighted by atomic mass is 35.5. The molecule has 0 saturated heterocycles. The maximum Gasteiger partial charge on any atom is 0.0996 e. The summed E-state index contributed by atoms with van der Waals surface area (Å²) in [5, 5.41) is 15.3. The molecular formula is C14H17ClN2O. The fraction of sp³-hybridized carbons (Fsp3) is 0.357. The van der Waals surface area contributed by atoms with Gasteiger partial charge in [0.05, 0.1) is 17.5 Å². The van der Waals surface area contributed by atoms with Crippen molar-refractivity contribution in [1.82, 2.24) is 9.78 Å². The van der Waals surface area contributed by atoms with E-state index < -0.39 is 6.10 Å². The van der Waals surface area contributed by atoms with Crippen LogP contribution in [0.5, 0.6) is 0 Å². The molecule has 1 unspecified atom stereocenters. The highest BCUT2D eigenvalue weighted by Gasteiger charge is 2.14. The van der Waals surface area contributed by atoms with Gasteiger partial charge in [-0.25, -0.2) is 0 Å². The highest BCUT2D eigenvalue weighted by molar-refractivity contribution is 6.30. The number of aliphatic hydroxyl groups is 1. The van der Waals surface area contributed by atoms with Crippen LogP contribution in [0.1, 0.15) is 30.0 Å². The molecule has 0 aliphatic rings. The molecule has 2 aromatic rings. The van der Waals surface area contributed by atoms with E-state index in [0.29, 0.717) is 11.4 Å². The minimum Gasteiger partial charge on any atom is -0.386 e. The molecule has 0 aliphatic carbocycles. The van der Waals surface area contributed by atoms with Gasteiger partial charge in [-0.15, -0.1) is 0 Å². The largest absolute Gasteiger partial charge is 0.386 e. The molecule has 1 atom stereocenters. The second-order valence-electron chi connectivity index (χ2n) is 4.38. The number of nitrogens with zero attached hydrogens (tertiary/aromatic N) is 2. The van der Waals surface area contributed by atoms with Crippen LogP contribution in [-0.2, 0) is 19.9 Å². The van der Waals surface area contributed by atoms with Crippen LogP contribution in [0.3, 0.4) is 0 Å². The molecule has 0 fully saturated rings. The maximum absolute atomic E-state index is 10.2. The zero-order valence-electron chi connectivity index (χ0n) is 10.6. The summed E-state index contributed by atoms with van der Waals surface area (Å²) in [6, 6.07) is 9.50. The molecule has 0 spiro atoms. The maximum atomic E-state index is 10.2. The molecule has 0 radical (unpaired) electrons. The Morgan fingerprint density at radius 2 is 2.00 bits per heavy atom. The molecule has 3 nitrogen and oxygen atoms in total. The molecule has 4 heteroatoms. The molecule has 0 bridgehead atoms. The molecule has 1 heterocycles. The van der Waals surface area contributed by atoms with Crippen LogP contribution < -0.4 is 0 Å². The van der Waals surface area contributed by atoms with Gasteiger partial charge in [-0.3, -0.25) is 4.68 Å². The Labute approximate surface area is 112 Å². The summed E-state index contributed by atoms with van der Waals surface area (Å²) < 4.78 is 1.75. The van der Waals surface area contributed by atoms with Crippen LogP contribution in [0.2, 0.25) is 5.02 Å². The lowest BCUT2D eigenvalue weighted by Gasteiger charge is -2.10. The van der Waals surface area contributed by atoms with E-state index in [0.717, 1.165) is 23.4 Å². The molecular weight excluding hydrogens is 248 g/mol. The van der Waals surface area contributed by atoms with E-state index in [1.807, 2.05) is 37.4 Å². The Balaban J connectivity index is 2.13. The van der Waals surface area contributed by atoms with Gasteiger partial charge in [-0.1, -0.05) is 30.7 Å². The molecule has 1 aromatic heterocycles. The minimum absolute atomic E-state index is 0.538. The van der Waals surface area contributed by atoms with E-state index in [2.05, 4.69) is 12.0 Å². The number of aliphatic hydroxyl groups excluding tert-OH is 1. The van der Waals surface area contributed by atoms with Gasteiger partial charge in [-0.05, 0) is 30.2 Å². The van der Waals surface area contributed by atoms with Crippen molar-refractivity contribution in [3.05, 3.63) is 52.3 Å². The van der Waals surface area contributed by atoms with Crippen molar-refractivity contribution in [2.75, 3.05) is 0 Å². The van der Waals surface area contributed by atoms with E-state index in [9.17, 15) is 5.11 Å². The van der Waals surface area contributed by atoms with E-state index >= 15 is 0 Å². The normalized spacial score (nSPS) is 12.7. The third kappa shape index (κ3) is 2.92. The van der Waals surface area contributed by atoms with Crippen LogP contribution in [0.15, 0.2) is 30.3 Å². The van der Waals surface area contributed by atoms with Gasteiger partial charge in [0.1, 0.15) is 0 Å². The van der Waals surface area contributed by atoms with E-state index in [-0.39, 0.29) is 0 Å². The van der Waals surface area contributed by atoms with Crippen molar-refractivity contribution in [3.63, 3.8) is 0 Å². The Hall–Kier alpha value is -1.32. The van der Waals surface area contributed by atoms with Gasteiger partial charge in [0.2, 0.25) is 0 Å². The summed E-state index contributed by atoms with van der Waals surface area (Å²) in [5.41, 5.74) is 2.91. The summed E-state index contributed by atoms with van der Waals surface area (Å²) in [6.07, 6.45) is 0.908. The first kappa shape index (κ1) is 13.1.